The number of hydrogen-bond donors (Lipinski definition) is 0. The Hall–Kier alpha value is -2.97. The standard InChI is InChI=1S/C26H25BrN2O4S/c1-4-9-19-22(25(31)33-5-2)23(18-15-17(27)12-13-20(18)32-3)29-24(30)21(34-26(29)28-19)14-16-10-7-6-8-11-16/h6-8,10-15,23H,4-5,9H2,1-3H3/b21-14+/t23-/m1/s1. The molecule has 1 aliphatic heterocycles. The Morgan fingerprint density at radius 3 is 2.65 bits per heavy atom. The maximum atomic E-state index is 13.7. The van der Waals surface area contributed by atoms with Gasteiger partial charge in [-0.3, -0.25) is 9.36 Å². The minimum absolute atomic E-state index is 0.211. The molecular formula is C26H25BrN2O4S. The molecular weight excluding hydrogens is 516 g/mol. The number of aromatic nitrogens is 1. The third-order valence-electron chi connectivity index (χ3n) is 5.48. The van der Waals surface area contributed by atoms with Crippen LogP contribution in [0.5, 0.6) is 5.75 Å². The van der Waals surface area contributed by atoms with Crippen LogP contribution in [0.25, 0.3) is 6.08 Å². The molecule has 2 heterocycles. The Balaban J connectivity index is 2.06. The lowest BCUT2D eigenvalue weighted by atomic mass is 9.93. The van der Waals surface area contributed by atoms with Crippen LogP contribution in [-0.2, 0) is 9.53 Å². The molecule has 1 aliphatic rings. The van der Waals surface area contributed by atoms with Crippen molar-refractivity contribution in [3.63, 3.8) is 0 Å². The van der Waals surface area contributed by atoms with Crippen LogP contribution in [0.3, 0.4) is 0 Å². The van der Waals surface area contributed by atoms with Gasteiger partial charge in [-0.1, -0.05) is 70.9 Å². The van der Waals surface area contributed by atoms with Crippen LogP contribution < -0.4 is 19.6 Å². The number of carbonyl (C=O) groups is 1. The number of fused-ring (bicyclic) bond motifs is 1. The SMILES string of the molecule is CCCC1=C(C(=O)OCC)[C@@H](c2cc(Br)ccc2OC)n2c(s/c(=C/c3ccccc3)c2=O)=N1. The van der Waals surface area contributed by atoms with E-state index in [9.17, 15) is 9.59 Å². The second-order valence-corrected chi connectivity index (χ2v) is 9.64. The van der Waals surface area contributed by atoms with Gasteiger partial charge in [-0.15, -0.1) is 0 Å². The molecule has 0 saturated carbocycles. The van der Waals surface area contributed by atoms with E-state index in [1.165, 1.54) is 11.3 Å². The van der Waals surface area contributed by atoms with E-state index in [4.69, 9.17) is 14.5 Å². The molecule has 0 N–H and O–H groups in total. The summed E-state index contributed by atoms with van der Waals surface area (Å²) in [6.45, 7) is 4.02. The van der Waals surface area contributed by atoms with Crippen molar-refractivity contribution in [2.24, 2.45) is 4.99 Å². The fourth-order valence-corrected chi connectivity index (χ4v) is 5.43. The van der Waals surface area contributed by atoms with Gasteiger partial charge < -0.3 is 9.47 Å². The molecule has 3 aromatic rings. The van der Waals surface area contributed by atoms with Gasteiger partial charge in [-0.2, -0.15) is 0 Å². The number of ether oxygens (including phenoxy) is 2. The molecule has 1 aromatic heterocycles. The third-order valence-corrected chi connectivity index (χ3v) is 6.95. The summed E-state index contributed by atoms with van der Waals surface area (Å²) in [5, 5.41) is 0. The third kappa shape index (κ3) is 4.65. The van der Waals surface area contributed by atoms with Crippen molar-refractivity contribution < 1.29 is 14.3 Å². The predicted octanol–water partition coefficient (Wildman–Crippen LogP) is 4.35. The van der Waals surface area contributed by atoms with E-state index in [0.29, 0.717) is 38.3 Å². The summed E-state index contributed by atoms with van der Waals surface area (Å²) in [5.74, 6) is 0.101. The van der Waals surface area contributed by atoms with Gasteiger partial charge in [0.2, 0.25) is 0 Å². The molecule has 0 saturated heterocycles. The van der Waals surface area contributed by atoms with Crippen molar-refractivity contribution in [3.05, 3.63) is 95.1 Å². The van der Waals surface area contributed by atoms with Crippen molar-refractivity contribution in [3.8, 4) is 5.75 Å². The van der Waals surface area contributed by atoms with Crippen LogP contribution in [0.15, 0.2) is 74.1 Å². The molecule has 0 amide bonds. The van der Waals surface area contributed by atoms with Gasteiger partial charge in [0.15, 0.2) is 4.80 Å². The van der Waals surface area contributed by atoms with E-state index < -0.39 is 12.0 Å². The summed E-state index contributed by atoms with van der Waals surface area (Å²) in [7, 11) is 1.58. The molecule has 0 fully saturated rings. The highest BCUT2D eigenvalue weighted by Gasteiger charge is 2.36. The number of rotatable bonds is 7. The maximum Gasteiger partial charge on any atom is 0.338 e. The number of allylic oxidation sites excluding steroid dienone is 1. The number of nitrogens with zero attached hydrogens (tertiary/aromatic N) is 2. The first-order valence-electron chi connectivity index (χ1n) is 11.1. The molecule has 0 bridgehead atoms. The zero-order chi connectivity index (χ0) is 24.2. The molecule has 0 aliphatic carbocycles. The van der Waals surface area contributed by atoms with Crippen molar-refractivity contribution in [1.82, 2.24) is 4.57 Å². The van der Waals surface area contributed by atoms with Gasteiger partial charge in [0.25, 0.3) is 5.56 Å². The molecule has 0 unspecified atom stereocenters. The van der Waals surface area contributed by atoms with Crippen LogP contribution in [0, 0.1) is 0 Å². The van der Waals surface area contributed by atoms with Crippen molar-refractivity contribution >= 4 is 39.3 Å². The van der Waals surface area contributed by atoms with Crippen molar-refractivity contribution in [2.45, 2.75) is 32.7 Å². The number of hydrogen-bond acceptors (Lipinski definition) is 6. The van der Waals surface area contributed by atoms with Crippen LogP contribution in [0.2, 0.25) is 0 Å². The zero-order valence-electron chi connectivity index (χ0n) is 19.2. The first kappa shape index (κ1) is 24.2. The molecule has 1 atom stereocenters. The van der Waals surface area contributed by atoms with E-state index in [0.717, 1.165) is 16.5 Å². The second kappa shape index (κ2) is 10.5. The van der Waals surface area contributed by atoms with Crippen LogP contribution in [-0.4, -0.2) is 24.3 Å². The van der Waals surface area contributed by atoms with E-state index in [1.54, 1.807) is 18.6 Å². The lowest BCUT2D eigenvalue weighted by molar-refractivity contribution is -0.139. The highest BCUT2D eigenvalue weighted by atomic mass is 79.9. The molecule has 0 radical (unpaired) electrons. The Labute approximate surface area is 210 Å². The monoisotopic (exact) mass is 540 g/mol. The summed E-state index contributed by atoms with van der Waals surface area (Å²) < 4.78 is 14.0. The summed E-state index contributed by atoms with van der Waals surface area (Å²) in [4.78, 5) is 32.3. The average Bonchev–Trinajstić information content (AvgIpc) is 3.13. The van der Waals surface area contributed by atoms with Crippen LogP contribution in [0.4, 0.5) is 0 Å². The lowest BCUT2D eigenvalue weighted by Crippen LogP contribution is -2.40. The number of carbonyl (C=O) groups excluding carboxylic acids is 1. The summed E-state index contributed by atoms with van der Waals surface area (Å²) in [6.07, 6.45) is 3.24. The number of benzene rings is 2. The first-order valence-corrected chi connectivity index (χ1v) is 12.7. The largest absolute Gasteiger partial charge is 0.496 e. The van der Waals surface area contributed by atoms with Crippen molar-refractivity contribution in [2.75, 3.05) is 13.7 Å². The minimum Gasteiger partial charge on any atom is -0.496 e. The lowest BCUT2D eigenvalue weighted by Gasteiger charge is -2.27. The van der Waals surface area contributed by atoms with Crippen LogP contribution >= 0.6 is 27.3 Å². The van der Waals surface area contributed by atoms with Gasteiger partial charge >= 0.3 is 5.97 Å². The van der Waals surface area contributed by atoms with Gasteiger partial charge in [0, 0.05) is 10.0 Å². The Morgan fingerprint density at radius 1 is 1.21 bits per heavy atom. The van der Waals surface area contributed by atoms with Gasteiger partial charge in [0.1, 0.15) is 11.8 Å². The quantitative estimate of drug-likeness (QED) is 0.417. The Kier molecular flexibility index (Phi) is 7.48. The smallest absolute Gasteiger partial charge is 0.338 e. The maximum absolute atomic E-state index is 13.7. The van der Waals surface area contributed by atoms with Gasteiger partial charge in [-0.25, -0.2) is 9.79 Å². The highest BCUT2D eigenvalue weighted by molar-refractivity contribution is 9.10. The van der Waals surface area contributed by atoms with E-state index in [2.05, 4.69) is 15.9 Å². The minimum atomic E-state index is -0.720. The normalized spacial score (nSPS) is 15.6. The van der Waals surface area contributed by atoms with Gasteiger partial charge in [-0.05, 0) is 43.2 Å². The van der Waals surface area contributed by atoms with E-state index in [1.807, 2.05) is 61.5 Å². The second-order valence-electron chi connectivity index (χ2n) is 7.71. The number of methoxy groups -OCH3 is 1. The molecule has 0 spiro atoms. The molecule has 2 aromatic carbocycles. The number of halogens is 1. The summed E-state index contributed by atoms with van der Waals surface area (Å²) in [6, 6.07) is 14.5. The average molecular weight is 541 g/mol. The molecule has 6 nitrogen and oxygen atoms in total. The highest BCUT2D eigenvalue weighted by Crippen LogP contribution is 2.38. The molecule has 4 rings (SSSR count). The van der Waals surface area contributed by atoms with Crippen LogP contribution in [0.1, 0.15) is 43.9 Å². The fraction of sp³-hybridized carbons (Fsp3) is 0.269. The number of thiazole rings is 1. The summed E-state index contributed by atoms with van der Waals surface area (Å²) in [5.41, 5.74) is 2.41. The van der Waals surface area contributed by atoms with Crippen molar-refractivity contribution in [1.29, 1.82) is 0 Å². The molecule has 176 valence electrons. The molecule has 34 heavy (non-hydrogen) atoms. The number of esters is 1. The first-order chi connectivity index (χ1) is 16.5. The molecule has 8 heteroatoms. The van der Waals surface area contributed by atoms with Gasteiger partial charge in [0.05, 0.1) is 29.5 Å². The zero-order valence-corrected chi connectivity index (χ0v) is 21.6. The van der Waals surface area contributed by atoms with E-state index in [-0.39, 0.29) is 12.2 Å². The summed E-state index contributed by atoms with van der Waals surface area (Å²) >= 11 is 4.85. The topological polar surface area (TPSA) is 69.9 Å². The van der Waals surface area contributed by atoms with E-state index >= 15 is 0 Å². The Bertz CT molecular complexity index is 1420. The predicted molar refractivity (Wildman–Crippen MR) is 137 cm³/mol. The Morgan fingerprint density at radius 2 is 1.97 bits per heavy atom. The fourth-order valence-electron chi connectivity index (χ4n) is 4.03.